The van der Waals surface area contributed by atoms with Gasteiger partial charge in [0, 0.05) is 18.7 Å². The Morgan fingerprint density at radius 1 is 1.09 bits per heavy atom. The molecule has 0 unspecified atom stereocenters. The zero-order valence-electron chi connectivity index (χ0n) is 19.6. The summed E-state index contributed by atoms with van der Waals surface area (Å²) in [6.07, 6.45) is 8.92. The van der Waals surface area contributed by atoms with E-state index in [9.17, 15) is 13.2 Å². The van der Waals surface area contributed by atoms with E-state index in [1.165, 1.54) is 39.9 Å². The quantitative estimate of drug-likeness (QED) is 0.291. The SMILES string of the molecule is C#CCn1c(=NC(=O)c2ccc(S(=O)(=O)N(CCCC)CCCC)cc2)sc2ccc(Cl)c(Cl)c21. The van der Waals surface area contributed by atoms with Crippen LogP contribution in [0.4, 0.5) is 0 Å². The van der Waals surface area contributed by atoms with Crippen LogP contribution < -0.4 is 4.80 Å². The summed E-state index contributed by atoms with van der Waals surface area (Å²) in [5, 5.41) is 0.721. The number of aromatic nitrogens is 1. The number of fused-ring (bicyclic) bond motifs is 1. The number of hydrogen-bond donors (Lipinski definition) is 0. The van der Waals surface area contributed by atoms with Gasteiger partial charge in [0.25, 0.3) is 5.91 Å². The molecule has 0 fully saturated rings. The van der Waals surface area contributed by atoms with Crippen molar-refractivity contribution >= 4 is 60.7 Å². The lowest BCUT2D eigenvalue weighted by atomic mass is 10.2. The smallest absolute Gasteiger partial charge is 0.279 e. The van der Waals surface area contributed by atoms with Gasteiger partial charge in [-0.3, -0.25) is 4.79 Å². The van der Waals surface area contributed by atoms with Crippen molar-refractivity contribution in [3.05, 3.63) is 56.8 Å². The van der Waals surface area contributed by atoms with Crippen LogP contribution in [0.5, 0.6) is 0 Å². The monoisotopic (exact) mass is 551 g/mol. The number of amides is 1. The third-order valence-corrected chi connectivity index (χ3v) is 9.19. The van der Waals surface area contributed by atoms with Crippen LogP contribution in [0.3, 0.4) is 0 Å². The topological polar surface area (TPSA) is 71.7 Å². The molecule has 0 bridgehead atoms. The van der Waals surface area contributed by atoms with Gasteiger partial charge in [0.2, 0.25) is 10.0 Å². The normalized spacial score (nSPS) is 12.4. The Hall–Kier alpha value is -2.15. The number of sulfonamides is 1. The molecule has 0 saturated heterocycles. The molecule has 0 radical (unpaired) electrons. The molecular weight excluding hydrogens is 525 g/mol. The minimum atomic E-state index is -3.65. The first-order valence-corrected chi connectivity index (χ1v) is 14.4. The lowest BCUT2D eigenvalue weighted by Crippen LogP contribution is -2.33. The van der Waals surface area contributed by atoms with Gasteiger partial charge in [-0.05, 0) is 49.2 Å². The Balaban J connectivity index is 1.95. The molecule has 1 heterocycles. The second-order valence-electron chi connectivity index (χ2n) is 7.94. The van der Waals surface area contributed by atoms with Crippen LogP contribution >= 0.6 is 34.5 Å². The maximum atomic E-state index is 13.2. The van der Waals surface area contributed by atoms with Crippen molar-refractivity contribution in [2.24, 2.45) is 4.99 Å². The molecule has 1 aromatic heterocycles. The van der Waals surface area contributed by atoms with Crippen LogP contribution in [-0.4, -0.2) is 36.3 Å². The molecule has 186 valence electrons. The van der Waals surface area contributed by atoms with Crippen LogP contribution in [0.2, 0.25) is 10.0 Å². The predicted molar refractivity (Wildman–Crippen MR) is 144 cm³/mol. The van der Waals surface area contributed by atoms with E-state index in [1.54, 1.807) is 16.7 Å². The third kappa shape index (κ3) is 6.16. The maximum Gasteiger partial charge on any atom is 0.279 e. The number of hydrogen-bond acceptors (Lipinski definition) is 4. The number of halogens is 2. The number of benzene rings is 2. The highest BCUT2D eigenvalue weighted by Gasteiger charge is 2.24. The largest absolute Gasteiger partial charge is 0.303 e. The number of unbranched alkanes of at least 4 members (excludes halogenated alkanes) is 2. The van der Waals surface area contributed by atoms with Gasteiger partial charge in [0.1, 0.15) is 0 Å². The van der Waals surface area contributed by atoms with Gasteiger partial charge in [0.05, 0.1) is 31.7 Å². The Bertz CT molecular complexity index is 1410. The van der Waals surface area contributed by atoms with E-state index in [4.69, 9.17) is 29.6 Å². The van der Waals surface area contributed by atoms with E-state index in [0.717, 1.165) is 30.4 Å². The summed E-state index contributed by atoms with van der Waals surface area (Å²) in [6.45, 7) is 5.17. The number of rotatable bonds is 10. The lowest BCUT2D eigenvalue weighted by Gasteiger charge is -2.22. The summed E-state index contributed by atoms with van der Waals surface area (Å²) >= 11 is 13.8. The van der Waals surface area contributed by atoms with Crippen LogP contribution in [-0.2, 0) is 16.6 Å². The second-order valence-corrected chi connectivity index (χ2v) is 11.7. The van der Waals surface area contributed by atoms with Crippen LogP contribution in [0.25, 0.3) is 10.2 Å². The van der Waals surface area contributed by atoms with E-state index in [0.29, 0.717) is 33.5 Å². The predicted octanol–water partition coefficient (Wildman–Crippen LogP) is 5.97. The molecule has 3 aromatic rings. The van der Waals surface area contributed by atoms with Gasteiger partial charge in [-0.2, -0.15) is 9.30 Å². The Morgan fingerprint density at radius 2 is 1.71 bits per heavy atom. The van der Waals surface area contributed by atoms with Crippen molar-refractivity contribution in [2.75, 3.05) is 13.1 Å². The zero-order valence-corrected chi connectivity index (χ0v) is 22.8. The summed E-state index contributed by atoms with van der Waals surface area (Å²) in [5.74, 6) is 2.04. The standard InChI is InChI=1S/C25H27Cl2N3O3S2/c1-4-7-16-29(17-8-5-2)35(32,33)19-11-9-18(10-12-19)24(31)28-25-30(15-6-3)23-21(34-25)14-13-20(26)22(23)27/h3,9-14H,4-5,7-8,15-17H2,1-2H3. The Labute approximate surface area is 220 Å². The summed E-state index contributed by atoms with van der Waals surface area (Å²) < 4.78 is 30.3. The molecule has 0 N–H and O–H groups in total. The molecule has 0 aliphatic heterocycles. The number of carbonyl (C=O) groups excluding carboxylic acids is 1. The first-order chi connectivity index (χ1) is 16.7. The highest BCUT2D eigenvalue weighted by atomic mass is 35.5. The fraction of sp³-hybridized carbons (Fsp3) is 0.360. The van der Waals surface area contributed by atoms with Crippen molar-refractivity contribution in [2.45, 2.75) is 51.0 Å². The van der Waals surface area contributed by atoms with Gasteiger partial charge in [-0.25, -0.2) is 8.42 Å². The number of thiazole rings is 1. The zero-order chi connectivity index (χ0) is 25.6. The van der Waals surface area contributed by atoms with Gasteiger partial charge < -0.3 is 4.57 Å². The first kappa shape index (κ1) is 27.4. The van der Waals surface area contributed by atoms with Crippen molar-refractivity contribution < 1.29 is 13.2 Å². The lowest BCUT2D eigenvalue weighted by molar-refractivity contribution is 0.0998. The van der Waals surface area contributed by atoms with Gasteiger partial charge in [-0.15, -0.1) is 6.42 Å². The first-order valence-electron chi connectivity index (χ1n) is 11.3. The molecule has 6 nitrogen and oxygen atoms in total. The number of carbonyl (C=O) groups is 1. The summed E-state index contributed by atoms with van der Waals surface area (Å²) in [7, 11) is -3.65. The van der Waals surface area contributed by atoms with Gasteiger partial charge in [0.15, 0.2) is 4.80 Å². The average Bonchev–Trinajstić information content (AvgIpc) is 3.19. The number of terminal acetylenes is 1. The molecule has 0 atom stereocenters. The molecule has 0 saturated carbocycles. The fourth-order valence-corrected chi connectivity index (χ4v) is 6.55. The molecule has 1 amide bonds. The summed E-state index contributed by atoms with van der Waals surface area (Å²) in [4.78, 5) is 17.7. The van der Waals surface area contributed by atoms with E-state index < -0.39 is 15.9 Å². The molecule has 3 rings (SSSR count). The summed E-state index contributed by atoms with van der Waals surface area (Å²) in [6, 6.07) is 9.36. The molecule has 0 aliphatic rings. The van der Waals surface area contributed by atoms with Crippen LogP contribution in [0.15, 0.2) is 46.3 Å². The maximum absolute atomic E-state index is 13.2. The molecule has 35 heavy (non-hydrogen) atoms. The van der Waals surface area contributed by atoms with E-state index in [1.807, 2.05) is 13.8 Å². The highest BCUT2D eigenvalue weighted by Crippen LogP contribution is 2.32. The van der Waals surface area contributed by atoms with E-state index in [2.05, 4.69) is 10.9 Å². The Kier molecular flexibility index (Phi) is 9.56. The highest BCUT2D eigenvalue weighted by molar-refractivity contribution is 7.89. The van der Waals surface area contributed by atoms with Gasteiger partial charge >= 0.3 is 0 Å². The van der Waals surface area contributed by atoms with E-state index >= 15 is 0 Å². The van der Waals surface area contributed by atoms with Crippen molar-refractivity contribution in [3.8, 4) is 12.3 Å². The van der Waals surface area contributed by atoms with E-state index in [-0.39, 0.29) is 17.0 Å². The van der Waals surface area contributed by atoms with Crippen molar-refractivity contribution in [3.63, 3.8) is 0 Å². The van der Waals surface area contributed by atoms with Crippen LogP contribution in [0, 0.1) is 12.3 Å². The molecule has 0 aliphatic carbocycles. The van der Waals surface area contributed by atoms with Crippen molar-refractivity contribution in [1.82, 2.24) is 8.87 Å². The molecule has 2 aromatic carbocycles. The minimum absolute atomic E-state index is 0.159. The second kappa shape index (κ2) is 12.2. The molecule has 0 spiro atoms. The molecule has 10 heteroatoms. The minimum Gasteiger partial charge on any atom is -0.303 e. The Morgan fingerprint density at radius 3 is 2.29 bits per heavy atom. The van der Waals surface area contributed by atoms with Crippen molar-refractivity contribution in [1.29, 1.82) is 0 Å². The fourth-order valence-electron chi connectivity index (χ4n) is 3.52. The van der Waals surface area contributed by atoms with Crippen LogP contribution in [0.1, 0.15) is 49.9 Å². The third-order valence-electron chi connectivity index (χ3n) is 5.44. The summed E-state index contributed by atoms with van der Waals surface area (Å²) in [5.41, 5.74) is 0.890. The average molecular weight is 553 g/mol. The molecular formula is C25H27Cl2N3O3S2. The number of nitrogens with zero attached hydrogens (tertiary/aromatic N) is 3. The van der Waals surface area contributed by atoms with Gasteiger partial charge in [-0.1, -0.05) is 67.1 Å².